The number of urea groups is 1. The smallest absolute Gasteiger partial charge is 0.324 e. The van der Waals surface area contributed by atoms with Crippen LogP contribution in [0.1, 0.15) is 30.5 Å². The molecule has 0 heterocycles. The highest BCUT2D eigenvalue weighted by molar-refractivity contribution is 5.93. The molecule has 0 aliphatic carbocycles. The molecule has 0 saturated carbocycles. The number of hydrogen-bond acceptors (Lipinski definition) is 1. The highest BCUT2D eigenvalue weighted by Crippen LogP contribution is 2.24. The monoisotopic (exact) mass is 382 g/mol. The minimum atomic E-state index is -0.00665. The van der Waals surface area contributed by atoms with Crippen LogP contribution in [0, 0.1) is 11.8 Å². The van der Waals surface area contributed by atoms with Gasteiger partial charge in [0.05, 0.1) is 12.2 Å². The molecule has 0 bridgehead atoms. The second-order valence-electron chi connectivity index (χ2n) is 6.66. The van der Waals surface area contributed by atoms with Gasteiger partial charge >= 0.3 is 6.03 Å². The van der Waals surface area contributed by atoms with Crippen molar-refractivity contribution in [3.05, 3.63) is 102 Å². The zero-order valence-electron chi connectivity index (χ0n) is 17.0. The number of benzene rings is 3. The van der Waals surface area contributed by atoms with Crippen LogP contribution in [0.25, 0.3) is 0 Å². The maximum atomic E-state index is 13.3. The molecule has 3 heteroatoms. The number of carbonyl (C=O) groups excluding carboxylic acids is 1. The second-order valence-corrected chi connectivity index (χ2v) is 6.66. The van der Waals surface area contributed by atoms with Crippen molar-refractivity contribution in [1.29, 1.82) is 0 Å². The highest BCUT2D eigenvalue weighted by Gasteiger charge is 2.22. The normalized spacial score (nSPS) is 10.0. The molecule has 0 atom stereocenters. The lowest BCUT2D eigenvalue weighted by atomic mass is 10.1. The molecule has 0 aliphatic heterocycles. The number of para-hydroxylation sites is 1. The Morgan fingerprint density at radius 1 is 0.759 bits per heavy atom. The number of anilines is 1. The van der Waals surface area contributed by atoms with Gasteiger partial charge in [0.25, 0.3) is 0 Å². The summed E-state index contributed by atoms with van der Waals surface area (Å²) in [6.07, 6.45) is 0. The first-order chi connectivity index (χ1) is 14.2. The van der Waals surface area contributed by atoms with E-state index in [4.69, 9.17) is 0 Å². The van der Waals surface area contributed by atoms with Crippen LogP contribution in [0.15, 0.2) is 84.9 Å². The van der Waals surface area contributed by atoms with Crippen molar-refractivity contribution in [2.24, 2.45) is 0 Å². The summed E-state index contributed by atoms with van der Waals surface area (Å²) in [5, 5.41) is 0. The van der Waals surface area contributed by atoms with E-state index in [9.17, 15) is 4.79 Å². The van der Waals surface area contributed by atoms with Crippen LogP contribution in [0.4, 0.5) is 10.5 Å². The Kier molecular flexibility index (Phi) is 7.08. The standard InChI is InChI=1S/C26H26N2O/c1-3-27(4-2)26(29)28(21-23-15-9-6-10-16-23)25-18-12-11-17-24(25)20-19-22-13-7-5-8-14-22/h5-18H,3-4,21H2,1-2H3. The summed E-state index contributed by atoms with van der Waals surface area (Å²) < 4.78 is 0. The van der Waals surface area contributed by atoms with Crippen LogP contribution in [-0.4, -0.2) is 24.0 Å². The van der Waals surface area contributed by atoms with Crippen molar-refractivity contribution >= 4 is 11.7 Å². The molecule has 0 unspecified atom stereocenters. The molecule has 0 aromatic heterocycles. The zero-order chi connectivity index (χ0) is 20.5. The molecule has 3 aromatic rings. The summed E-state index contributed by atoms with van der Waals surface area (Å²) in [5.41, 5.74) is 3.70. The molecule has 3 nitrogen and oxygen atoms in total. The minimum Gasteiger partial charge on any atom is -0.325 e. The summed E-state index contributed by atoms with van der Waals surface area (Å²) in [4.78, 5) is 17.0. The molecule has 3 rings (SSSR count). The lowest BCUT2D eigenvalue weighted by Crippen LogP contribution is -2.43. The molecule has 29 heavy (non-hydrogen) atoms. The van der Waals surface area contributed by atoms with E-state index in [1.165, 1.54) is 0 Å². The first-order valence-electron chi connectivity index (χ1n) is 9.99. The van der Waals surface area contributed by atoms with E-state index >= 15 is 0 Å². The molecule has 0 radical (unpaired) electrons. The Labute approximate surface area is 173 Å². The Morgan fingerprint density at radius 2 is 1.34 bits per heavy atom. The minimum absolute atomic E-state index is 0.00665. The van der Waals surface area contributed by atoms with Crippen LogP contribution in [0.5, 0.6) is 0 Å². The third-order valence-corrected chi connectivity index (χ3v) is 4.76. The highest BCUT2D eigenvalue weighted by atomic mass is 16.2. The van der Waals surface area contributed by atoms with Crippen molar-refractivity contribution in [2.45, 2.75) is 20.4 Å². The fourth-order valence-electron chi connectivity index (χ4n) is 3.16. The molecule has 0 aliphatic rings. The van der Waals surface area contributed by atoms with E-state index in [1.807, 2.05) is 109 Å². The zero-order valence-corrected chi connectivity index (χ0v) is 17.0. The van der Waals surface area contributed by atoms with Gasteiger partial charge in [-0.05, 0) is 43.7 Å². The average molecular weight is 383 g/mol. The molecule has 0 N–H and O–H groups in total. The average Bonchev–Trinajstić information content (AvgIpc) is 2.78. The number of rotatable bonds is 5. The summed E-state index contributed by atoms with van der Waals surface area (Å²) in [6, 6.07) is 27.8. The number of hydrogen-bond donors (Lipinski definition) is 0. The Bertz CT molecular complexity index is 983. The summed E-state index contributed by atoms with van der Waals surface area (Å²) in [5.74, 6) is 6.48. The maximum Gasteiger partial charge on any atom is 0.324 e. The van der Waals surface area contributed by atoms with Crippen LogP contribution in [-0.2, 0) is 6.54 Å². The number of amides is 2. The van der Waals surface area contributed by atoms with Crippen LogP contribution in [0.3, 0.4) is 0 Å². The van der Waals surface area contributed by atoms with Gasteiger partial charge in [-0.2, -0.15) is 0 Å². The summed E-state index contributed by atoms with van der Waals surface area (Å²) in [7, 11) is 0. The van der Waals surface area contributed by atoms with Gasteiger partial charge < -0.3 is 4.90 Å². The largest absolute Gasteiger partial charge is 0.325 e. The Morgan fingerprint density at radius 3 is 2.00 bits per heavy atom. The fraction of sp³-hybridized carbons (Fsp3) is 0.192. The molecule has 3 aromatic carbocycles. The maximum absolute atomic E-state index is 13.3. The van der Waals surface area contributed by atoms with E-state index < -0.39 is 0 Å². The first kappa shape index (κ1) is 20.2. The molecule has 0 saturated heterocycles. The predicted molar refractivity (Wildman–Crippen MR) is 120 cm³/mol. The quantitative estimate of drug-likeness (QED) is 0.530. The van der Waals surface area contributed by atoms with Crippen molar-refractivity contribution in [3.8, 4) is 11.8 Å². The van der Waals surface area contributed by atoms with Crippen LogP contribution >= 0.6 is 0 Å². The van der Waals surface area contributed by atoms with E-state index in [2.05, 4.69) is 11.8 Å². The van der Waals surface area contributed by atoms with Gasteiger partial charge in [0.15, 0.2) is 0 Å². The van der Waals surface area contributed by atoms with Gasteiger partial charge in [-0.1, -0.05) is 72.5 Å². The molecule has 146 valence electrons. The van der Waals surface area contributed by atoms with E-state index in [0.29, 0.717) is 19.6 Å². The van der Waals surface area contributed by atoms with E-state index in [-0.39, 0.29) is 6.03 Å². The van der Waals surface area contributed by atoms with Crippen molar-refractivity contribution in [1.82, 2.24) is 4.90 Å². The second kappa shape index (κ2) is 10.1. The lowest BCUT2D eigenvalue weighted by molar-refractivity contribution is 0.209. The Hall–Kier alpha value is -3.51. The first-order valence-corrected chi connectivity index (χ1v) is 9.99. The molecule has 2 amide bonds. The topological polar surface area (TPSA) is 23.6 Å². The molecular formula is C26H26N2O. The lowest BCUT2D eigenvalue weighted by Gasteiger charge is -2.30. The third kappa shape index (κ3) is 5.27. The van der Waals surface area contributed by atoms with Crippen molar-refractivity contribution in [3.63, 3.8) is 0 Å². The summed E-state index contributed by atoms with van der Waals surface area (Å²) in [6.45, 7) is 5.84. The number of nitrogens with zero attached hydrogens (tertiary/aromatic N) is 2. The Balaban J connectivity index is 2.01. The SMILES string of the molecule is CCN(CC)C(=O)N(Cc1ccccc1)c1ccccc1C#Cc1ccccc1. The van der Waals surface area contributed by atoms with Gasteiger partial charge in [-0.3, -0.25) is 4.90 Å². The van der Waals surface area contributed by atoms with E-state index in [1.54, 1.807) is 0 Å². The fourth-order valence-corrected chi connectivity index (χ4v) is 3.16. The van der Waals surface area contributed by atoms with Gasteiger partial charge in [0.1, 0.15) is 0 Å². The van der Waals surface area contributed by atoms with Gasteiger partial charge in [-0.25, -0.2) is 4.79 Å². The summed E-state index contributed by atoms with van der Waals surface area (Å²) >= 11 is 0. The number of carbonyl (C=O) groups is 1. The van der Waals surface area contributed by atoms with Crippen LogP contribution in [0.2, 0.25) is 0 Å². The third-order valence-electron chi connectivity index (χ3n) is 4.76. The van der Waals surface area contributed by atoms with Crippen LogP contribution < -0.4 is 4.90 Å². The molecular weight excluding hydrogens is 356 g/mol. The molecule has 0 spiro atoms. The van der Waals surface area contributed by atoms with Gasteiger partial charge in [0.2, 0.25) is 0 Å². The van der Waals surface area contributed by atoms with Gasteiger partial charge in [0, 0.05) is 24.2 Å². The molecule has 0 fully saturated rings. The van der Waals surface area contributed by atoms with E-state index in [0.717, 1.165) is 22.4 Å². The van der Waals surface area contributed by atoms with Gasteiger partial charge in [-0.15, -0.1) is 0 Å². The predicted octanol–water partition coefficient (Wildman–Crippen LogP) is 5.55. The van der Waals surface area contributed by atoms with Crippen molar-refractivity contribution < 1.29 is 4.79 Å². The van der Waals surface area contributed by atoms with Crippen molar-refractivity contribution in [2.75, 3.05) is 18.0 Å².